The van der Waals surface area contributed by atoms with Gasteiger partial charge in [-0.05, 0) is 18.4 Å². The van der Waals surface area contributed by atoms with Crippen molar-refractivity contribution in [3.63, 3.8) is 0 Å². The van der Waals surface area contributed by atoms with E-state index in [2.05, 4.69) is 33.7 Å². The second-order valence-corrected chi connectivity index (χ2v) is 6.13. The summed E-state index contributed by atoms with van der Waals surface area (Å²) in [7, 11) is 0. The summed E-state index contributed by atoms with van der Waals surface area (Å²) in [5.74, 6) is 6.69. The van der Waals surface area contributed by atoms with Crippen LogP contribution in [-0.4, -0.2) is 27.7 Å². The van der Waals surface area contributed by atoms with E-state index in [0.29, 0.717) is 18.3 Å². The highest BCUT2D eigenvalue weighted by molar-refractivity contribution is 7.18. The smallest absolute Gasteiger partial charge is 0.240 e. The lowest BCUT2D eigenvalue weighted by atomic mass is 10.1. The molecule has 0 bridgehead atoms. The van der Waals surface area contributed by atoms with Crippen LogP contribution in [0.2, 0.25) is 0 Å². The summed E-state index contributed by atoms with van der Waals surface area (Å²) in [4.78, 5) is 10.8. The van der Waals surface area contributed by atoms with Crippen LogP contribution in [0.5, 0.6) is 0 Å². The molecule has 2 aromatic heterocycles. The number of nitrogens with zero attached hydrogens (tertiary/aromatic N) is 2. The fraction of sp³-hybridized carbons (Fsp3) is 0.538. The van der Waals surface area contributed by atoms with E-state index in [0.717, 1.165) is 16.6 Å². The maximum absolute atomic E-state index is 9.89. The van der Waals surface area contributed by atoms with E-state index in [1.165, 1.54) is 4.88 Å². The quantitative estimate of drug-likeness (QED) is 0.480. The van der Waals surface area contributed by atoms with Crippen LogP contribution in [0, 0.1) is 5.92 Å². The van der Waals surface area contributed by atoms with Crippen molar-refractivity contribution in [1.82, 2.24) is 9.97 Å². The molecule has 7 heteroatoms. The average molecular weight is 295 g/mol. The van der Waals surface area contributed by atoms with Gasteiger partial charge >= 0.3 is 0 Å². The van der Waals surface area contributed by atoms with Gasteiger partial charge in [0.25, 0.3) is 0 Å². The number of nitrogen functional groups attached to an aromatic ring is 1. The van der Waals surface area contributed by atoms with Gasteiger partial charge in [-0.2, -0.15) is 4.98 Å². The first kappa shape index (κ1) is 15.0. The van der Waals surface area contributed by atoms with E-state index in [4.69, 9.17) is 5.84 Å². The van der Waals surface area contributed by atoms with Gasteiger partial charge in [-0.3, -0.25) is 5.43 Å². The van der Waals surface area contributed by atoms with Gasteiger partial charge in [0, 0.05) is 11.4 Å². The molecule has 20 heavy (non-hydrogen) atoms. The molecule has 0 saturated heterocycles. The van der Waals surface area contributed by atoms with E-state index in [-0.39, 0.29) is 5.92 Å². The molecule has 0 aliphatic carbocycles. The zero-order valence-electron chi connectivity index (χ0n) is 12.0. The fourth-order valence-corrected chi connectivity index (χ4v) is 2.75. The molecule has 0 fully saturated rings. The number of thiophene rings is 1. The highest BCUT2D eigenvalue weighted by atomic mass is 32.1. The summed E-state index contributed by atoms with van der Waals surface area (Å²) < 4.78 is 0. The maximum Gasteiger partial charge on any atom is 0.240 e. The van der Waals surface area contributed by atoms with Crippen molar-refractivity contribution in [2.24, 2.45) is 11.8 Å². The second-order valence-electron chi connectivity index (χ2n) is 5.02. The molecule has 0 spiro atoms. The molecule has 6 nitrogen and oxygen atoms in total. The summed E-state index contributed by atoms with van der Waals surface area (Å²) in [5, 5.41) is 14.1. The Morgan fingerprint density at radius 1 is 1.40 bits per heavy atom. The Labute approximate surface area is 122 Å². The molecule has 2 aromatic rings. The second kappa shape index (κ2) is 6.34. The van der Waals surface area contributed by atoms with Gasteiger partial charge in [-0.25, -0.2) is 10.8 Å². The standard InChI is InChI=1S/C13H21N5OS/c1-4-8-5-9-11(15-6-10(19)7(2)3)16-13(18-14)17-12(9)20-8/h5,7,10,19H,4,6,14H2,1-3H3,(H2,15,16,17,18). The van der Waals surface area contributed by atoms with Gasteiger partial charge < -0.3 is 10.4 Å². The predicted octanol–water partition coefficient (Wildman–Crippen LogP) is 1.97. The van der Waals surface area contributed by atoms with Crippen LogP contribution in [0.15, 0.2) is 6.07 Å². The Balaban J connectivity index is 2.32. The Morgan fingerprint density at radius 3 is 2.75 bits per heavy atom. The van der Waals surface area contributed by atoms with Crippen molar-refractivity contribution in [1.29, 1.82) is 0 Å². The minimum atomic E-state index is -0.418. The molecule has 1 unspecified atom stereocenters. The zero-order chi connectivity index (χ0) is 14.7. The predicted molar refractivity (Wildman–Crippen MR) is 83.9 cm³/mol. The highest BCUT2D eigenvalue weighted by Gasteiger charge is 2.13. The first-order valence-corrected chi connectivity index (χ1v) is 7.55. The van der Waals surface area contributed by atoms with Crippen LogP contribution in [0.3, 0.4) is 0 Å². The van der Waals surface area contributed by atoms with E-state index in [1.54, 1.807) is 11.3 Å². The molecule has 0 aliphatic heterocycles. The van der Waals surface area contributed by atoms with E-state index in [1.807, 2.05) is 13.8 Å². The summed E-state index contributed by atoms with van der Waals surface area (Å²) in [6.07, 6.45) is 0.541. The van der Waals surface area contributed by atoms with Gasteiger partial charge in [0.2, 0.25) is 5.95 Å². The SMILES string of the molecule is CCc1cc2c(NCC(O)C(C)C)nc(NN)nc2s1. The van der Waals surface area contributed by atoms with Gasteiger partial charge in [-0.1, -0.05) is 20.8 Å². The number of nitrogens with two attached hydrogens (primary N) is 1. The minimum absolute atomic E-state index is 0.195. The number of aryl methyl sites for hydroxylation is 1. The lowest BCUT2D eigenvalue weighted by molar-refractivity contribution is 0.138. The van der Waals surface area contributed by atoms with Crippen LogP contribution in [-0.2, 0) is 6.42 Å². The summed E-state index contributed by atoms with van der Waals surface area (Å²) in [6.45, 7) is 6.52. The van der Waals surface area contributed by atoms with Crippen LogP contribution < -0.4 is 16.6 Å². The molecule has 0 aliphatic rings. The molecule has 2 rings (SSSR count). The molecular weight excluding hydrogens is 274 g/mol. The Hall–Kier alpha value is -1.44. The Bertz CT molecular complexity index is 583. The number of hydrogen-bond acceptors (Lipinski definition) is 7. The number of hydrazine groups is 1. The van der Waals surface area contributed by atoms with Crippen molar-refractivity contribution >= 4 is 33.3 Å². The number of aliphatic hydroxyl groups is 1. The fourth-order valence-electron chi connectivity index (χ4n) is 1.78. The molecule has 5 N–H and O–H groups in total. The summed E-state index contributed by atoms with van der Waals surface area (Å²) in [6, 6.07) is 2.09. The van der Waals surface area contributed by atoms with Crippen LogP contribution >= 0.6 is 11.3 Å². The molecule has 0 saturated carbocycles. The number of aromatic nitrogens is 2. The molecule has 0 aromatic carbocycles. The van der Waals surface area contributed by atoms with Crippen LogP contribution in [0.25, 0.3) is 10.2 Å². The topological polar surface area (TPSA) is 96.1 Å². The third kappa shape index (κ3) is 3.17. The van der Waals surface area contributed by atoms with E-state index >= 15 is 0 Å². The van der Waals surface area contributed by atoms with Crippen LogP contribution in [0.4, 0.5) is 11.8 Å². The van der Waals surface area contributed by atoms with E-state index in [9.17, 15) is 5.11 Å². The lowest BCUT2D eigenvalue weighted by Gasteiger charge is -2.16. The maximum atomic E-state index is 9.89. The average Bonchev–Trinajstić information content (AvgIpc) is 2.86. The highest BCUT2D eigenvalue weighted by Crippen LogP contribution is 2.30. The number of fused-ring (bicyclic) bond motifs is 1. The molecule has 2 heterocycles. The number of nitrogens with one attached hydrogen (secondary N) is 2. The Morgan fingerprint density at radius 2 is 2.15 bits per heavy atom. The first-order chi connectivity index (χ1) is 9.55. The number of hydrogen-bond donors (Lipinski definition) is 4. The summed E-state index contributed by atoms with van der Waals surface area (Å²) in [5.41, 5.74) is 2.48. The molecule has 0 radical (unpaired) electrons. The van der Waals surface area contributed by atoms with E-state index < -0.39 is 6.10 Å². The third-order valence-corrected chi connectivity index (χ3v) is 4.34. The molecule has 0 amide bonds. The summed E-state index contributed by atoms with van der Waals surface area (Å²) >= 11 is 1.63. The molecular formula is C13H21N5OS. The van der Waals surface area contributed by atoms with Crippen molar-refractivity contribution in [3.05, 3.63) is 10.9 Å². The zero-order valence-corrected chi connectivity index (χ0v) is 12.8. The largest absolute Gasteiger partial charge is 0.391 e. The molecule has 1 atom stereocenters. The van der Waals surface area contributed by atoms with Crippen LogP contribution in [0.1, 0.15) is 25.6 Å². The third-order valence-electron chi connectivity index (χ3n) is 3.17. The molecule has 110 valence electrons. The number of anilines is 2. The van der Waals surface area contributed by atoms with Gasteiger partial charge in [0.15, 0.2) is 0 Å². The van der Waals surface area contributed by atoms with Gasteiger partial charge in [0.05, 0.1) is 11.5 Å². The van der Waals surface area contributed by atoms with Crippen molar-refractivity contribution < 1.29 is 5.11 Å². The van der Waals surface area contributed by atoms with Crippen molar-refractivity contribution in [2.75, 3.05) is 17.3 Å². The number of aliphatic hydroxyl groups excluding tert-OH is 1. The lowest BCUT2D eigenvalue weighted by Crippen LogP contribution is -2.25. The van der Waals surface area contributed by atoms with Gasteiger partial charge in [-0.15, -0.1) is 11.3 Å². The monoisotopic (exact) mass is 295 g/mol. The minimum Gasteiger partial charge on any atom is -0.391 e. The number of rotatable bonds is 6. The van der Waals surface area contributed by atoms with Gasteiger partial charge in [0.1, 0.15) is 10.6 Å². The normalized spacial score (nSPS) is 12.9. The first-order valence-electron chi connectivity index (χ1n) is 6.74. The van der Waals surface area contributed by atoms with Crippen molar-refractivity contribution in [2.45, 2.75) is 33.3 Å². The van der Waals surface area contributed by atoms with Crippen molar-refractivity contribution in [3.8, 4) is 0 Å². The Kier molecular flexibility index (Phi) is 4.74.